The first-order valence-corrected chi connectivity index (χ1v) is 13.1. The predicted octanol–water partition coefficient (Wildman–Crippen LogP) is 3.50. The average Bonchev–Trinajstić information content (AvgIpc) is 3.28. The quantitative estimate of drug-likeness (QED) is 0.591. The van der Waals surface area contributed by atoms with Gasteiger partial charge in [-0.1, -0.05) is 53.6 Å². The molecule has 3 heterocycles. The lowest BCUT2D eigenvalue weighted by Gasteiger charge is -2.43. The number of amides is 2. The van der Waals surface area contributed by atoms with Gasteiger partial charge in [-0.25, -0.2) is 0 Å². The molecule has 0 aliphatic carbocycles. The van der Waals surface area contributed by atoms with Crippen molar-refractivity contribution in [2.45, 2.75) is 43.9 Å². The van der Waals surface area contributed by atoms with E-state index in [9.17, 15) is 9.59 Å². The highest BCUT2D eigenvalue weighted by molar-refractivity contribution is 8.04. The fraction of sp³-hybridized carbons (Fsp3) is 0.385. The summed E-state index contributed by atoms with van der Waals surface area (Å²) in [6.07, 6.45) is 1.46. The number of hydrogen-bond acceptors (Lipinski definition) is 5. The molecule has 2 fully saturated rings. The summed E-state index contributed by atoms with van der Waals surface area (Å²) in [5.41, 5.74) is 4.49. The third-order valence-corrected chi connectivity index (χ3v) is 8.19. The van der Waals surface area contributed by atoms with Gasteiger partial charge in [-0.15, -0.1) is 11.8 Å². The number of rotatable bonds is 5. The number of hydrogen-bond donors (Lipinski definition) is 3. The van der Waals surface area contributed by atoms with E-state index in [0.717, 1.165) is 36.1 Å². The third kappa shape index (κ3) is 5.03. The number of carbonyl (C=O) groups excluding carboxylic acids is 2. The normalized spacial score (nSPS) is 27.0. The zero-order valence-electron chi connectivity index (χ0n) is 19.1. The molecule has 0 aromatic heterocycles. The van der Waals surface area contributed by atoms with Gasteiger partial charge in [-0.05, 0) is 54.0 Å². The minimum absolute atomic E-state index is 0.0429. The Morgan fingerprint density at radius 2 is 2.06 bits per heavy atom. The number of nitrogens with zero attached hydrogens (tertiary/aromatic N) is 1. The fourth-order valence-electron chi connectivity index (χ4n) is 4.91. The molecule has 3 N–H and O–H groups in total. The Morgan fingerprint density at radius 3 is 2.85 bits per heavy atom. The van der Waals surface area contributed by atoms with E-state index < -0.39 is 0 Å². The maximum atomic E-state index is 12.9. The molecule has 5 rings (SSSR count). The first-order valence-electron chi connectivity index (χ1n) is 11.7. The van der Waals surface area contributed by atoms with E-state index in [2.05, 4.69) is 57.4 Å². The Bertz CT molecular complexity index is 1110. The SMILES string of the molecule is Cc1ccc(C2=CSC3C(=O)NC(N4CCCC(C(=O)NCc5cccc(Cl)c5)C4)NC23)cc1. The smallest absolute Gasteiger partial charge is 0.237 e. The molecule has 4 unspecified atom stereocenters. The lowest BCUT2D eigenvalue weighted by Crippen LogP contribution is -2.69. The van der Waals surface area contributed by atoms with Crippen molar-refractivity contribution in [3.05, 3.63) is 75.7 Å². The molecule has 6 nitrogen and oxygen atoms in total. The summed E-state index contributed by atoms with van der Waals surface area (Å²) in [5, 5.41) is 12.5. The van der Waals surface area contributed by atoms with Crippen LogP contribution in [0.4, 0.5) is 0 Å². The van der Waals surface area contributed by atoms with Crippen molar-refractivity contribution in [1.29, 1.82) is 0 Å². The summed E-state index contributed by atoms with van der Waals surface area (Å²) in [7, 11) is 0. The van der Waals surface area contributed by atoms with Crippen molar-refractivity contribution < 1.29 is 9.59 Å². The van der Waals surface area contributed by atoms with Crippen LogP contribution < -0.4 is 16.0 Å². The zero-order valence-corrected chi connectivity index (χ0v) is 20.7. The summed E-state index contributed by atoms with van der Waals surface area (Å²) < 4.78 is 0. The van der Waals surface area contributed by atoms with Gasteiger partial charge >= 0.3 is 0 Å². The van der Waals surface area contributed by atoms with Gasteiger partial charge in [0.2, 0.25) is 11.8 Å². The lowest BCUT2D eigenvalue weighted by atomic mass is 9.94. The summed E-state index contributed by atoms with van der Waals surface area (Å²) in [5.74, 6) is -0.0274. The van der Waals surface area contributed by atoms with Gasteiger partial charge in [0.05, 0.1) is 12.0 Å². The van der Waals surface area contributed by atoms with Gasteiger partial charge in [-0.2, -0.15) is 0 Å². The Morgan fingerprint density at radius 1 is 1.24 bits per heavy atom. The highest BCUT2D eigenvalue weighted by atomic mass is 35.5. The number of nitrogens with one attached hydrogen (secondary N) is 3. The molecule has 2 aromatic rings. The number of halogens is 1. The van der Waals surface area contributed by atoms with Gasteiger partial charge in [-0.3, -0.25) is 19.8 Å². The molecule has 0 saturated carbocycles. The number of benzene rings is 2. The summed E-state index contributed by atoms with van der Waals surface area (Å²) in [6.45, 7) is 3.97. The molecule has 2 amide bonds. The molecule has 2 saturated heterocycles. The van der Waals surface area contributed by atoms with Crippen LogP contribution in [0.1, 0.15) is 29.5 Å². The van der Waals surface area contributed by atoms with E-state index in [4.69, 9.17) is 11.6 Å². The van der Waals surface area contributed by atoms with Gasteiger partial charge in [0.1, 0.15) is 11.5 Å². The molecule has 0 spiro atoms. The standard InChI is InChI=1S/C26H29ClN4O2S/c1-16-7-9-18(10-8-16)21-15-34-23-22(21)29-26(30-25(23)33)31-11-3-5-19(14-31)24(32)28-13-17-4-2-6-20(27)12-17/h2,4,6-10,12,15,19,22-23,26,29H,3,5,11,13-14H2,1H3,(H,28,32)(H,30,33). The second-order valence-corrected chi connectivity index (χ2v) is 10.7. The molecular weight excluding hydrogens is 468 g/mol. The Labute approximate surface area is 209 Å². The van der Waals surface area contributed by atoms with Crippen LogP contribution in [0.3, 0.4) is 0 Å². The minimum atomic E-state index is -0.287. The van der Waals surface area contributed by atoms with Crippen molar-refractivity contribution in [3.8, 4) is 0 Å². The van der Waals surface area contributed by atoms with Crippen molar-refractivity contribution in [2.75, 3.05) is 13.1 Å². The molecule has 4 atom stereocenters. The van der Waals surface area contributed by atoms with Crippen LogP contribution >= 0.6 is 23.4 Å². The maximum absolute atomic E-state index is 12.9. The molecule has 3 aliphatic rings. The second kappa shape index (κ2) is 10.1. The van der Waals surface area contributed by atoms with Crippen LogP contribution in [0.25, 0.3) is 5.57 Å². The van der Waals surface area contributed by atoms with Crippen LogP contribution in [0.15, 0.2) is 53.9 Å². The van der Waals surface area contributed by atoms with Crippen molar-refractivity contribution in [1.82, 2.24) is 20.9 Å². The molecule has 2 aromatic carbocycles. The topological polar surface area (TPSA) is 73.5 Å². The Kier molecular flexibility index (Phi) is 6.97. The molecule has 8 heteroatoms. The number of fused-ring (bicyclic) bond motifs is 1. The van der Waals surface area contributed by atoms with Gasteiger partial charge in [0.25, 0.3) is 0 Å². The monoisotopic (exact) mass is 496 g/mol. The van der Waals surface area contributed by atoms with E-state index in [1.165, 1.54) is 5.56 Å². The number of carbonyl (C=O) groups is 2. The molecule has 34 heavy (non-hydrogen) atoms. The Hall–Kier alpha value is -2.32. The predicted molar refractivity (Wildman–Crippen MR) is 137 cm³/mol. The van der Waals surface area contributed by atoms with E-state index in [0.29, 0.717) is 18.1 Å². The number of thioether (sulfide) groups is 1. The first-order chi connectivity index (χ1) is 16.5. The third-order valence-electron chi connectivity index (χ3n) is 6.78. The highest BCUT2D eigenvalue weighted by Crippen LogP contribution is 2.38. The highest BCUT2D eigenvalue weighted by Gasteiger charge is 2.44. The fourth-order valence-corrected chi connectivity index (χ4v) is 6.27. The van der Waals surface area contributed by atoms with Crippen LogP contribution in [0.5, 0.6) is 0 Å². The average molecular weight is 497 g/mol. The summed E-state index contributed by atoms with van der Waals surface area (Å²) >= 11 is 7.63. The largest absolute Gasteiger partial charge is 0.352 e. The van der Waals surface area contributed by atoms with Crippen LogP contribution in [0, 0.1) is 12.8 Å². The summed E-state index contributed by atoms with van der Waals surface area (Å²) in [4.78, 5) is 28.0. The molecule has 0 bridgehead atoms. The zero-order chi connectivity index (χ0) is 23.7. The molecule has 178 valence electrons. The second-order valence-electron chi connectivity index (χ2n) is 9.23. The molecule has 0 radical (unpaired) electrons. The summed E-state index contributed by atoms with van der Waals surface area (Å²) in [6, 6.07) is 15.9. The van der Waals surface area contributed by atoms with Crippen LogP contribution in [-0.4, -0.2) is 47.4 Å². The van der Waals surface area contributed by atoms with Crippen molar-refractivity contribution in [3.63, 3.8) is 0 Å². The number of aryl methyl sites for hydroxylation is 1. The van der Waals surface area contributed by atoms with E-state index in [1.807, 2.05) is 24.3 Å². The van der Waals surface area contributed by atoms with E-state index in [-0.39, 0.29) is 35.3 Å². The lowest BCUT2D eigenvalue weighted by molar-refractivity contribution is -0.129. The van der Waals surface area contributed by atoms with Crippen molar-refractivity contribution in [2.24, 2.45) is 5.92 Å². The van der Waals surface area contributed by atoms with E-state index >= 15 is 0 Å². The minimum Gasteiger partial charge on any atom is -0.352 e. The first kappa shape index (κ1) is 23.4. The van der Waals surface area contributed by atoms with Gasteiger partial charge < -0.3 is 10.6 Å². The molecule has 3 aliphatic heterocycles. The molecular formula is C26H29ClN4O2S. The van der Waals surface area contributed by atoms with E-state index in [1.54, 1.807) is 11.8 Å². The van der Waals surface area contributed by atoms with Crippen LogP contribution in [0.2, 0.25) is 5.02 Å². The maximum Gasteiger partial charge on any atom is 0.237 e. The van der Waals surface area contributed by atoms with Gasteiger partial charge in [0, 0.05) is 24.7 Å². The van der Waals surface area contributed by atoms with Crippen molar-refractivity contribution >= 4 is 40.8 Å². The Balaban J connectivity index is 1.23. The number of likely N-dealkylation sites (tertiary alicyclic amines) is 1. The van der Waals surface area contributed by atoms with Crippen LogP contribution in [-0.2, 0) is 16.1 Å². The van der Waals surface area contributed by atoms with Gasteiger partial charge in [0.15, 0.2) is 0 Å². The number of piperidine rings is 1.